The molecule has 0 spiro atoms. The standard InChI is InChI=1S/C15H19ClINO3/c1-15(2,3)8-10(7-13(19)20)18-14(21)11-6-9(16)4-5-12(11)17/h4-6,10H,7-8H2,1-3H3,(H,18,21)(H,19,20). The summed E-state index contributed by atoms with van der Waals surface area (Å²) in [6, 6.07) is 4.65. The fourth-order valence-electron chi connectivity index (χ4n) is 2.06. The molecule has 6 heteroatoms. The van der Waals surface area contributed by atoms with Gasteiger partial charge in [0.2, 0.25) is 0 Å². The lowest BCUT2D eigenvalue weighted by Crippen LogP contribution is -2.39. The fourth-order valence-corrected chi connectivity index (χ4v) is 2.81. The van der Waals surface area contributed by atoms with Crippen LogP contribution in [0.15, 0.2) is 18.2 Å². The normalized spacial score (nSPS) is 12.8. The number of carboxylic acid groups (broad SMARTS) is 1. The number of carboxylic acids is 1. The van der Waals surface area contributed by atoms with Crippen LogP contribution in [0.1, 0.15) is 44.0 Å². The van der Waals surface area contributed by atoms with Crippen molar-refractivity contribution in [3.8, 4) is 0 Å². The van der Waals surface area contributed by atoms with Crippen LogP contribution >= 0.6 is 34.2 Å². The van der Waals surface area contributed by atoms with Crippen LogP contribution in [-0.4, -0.2) is 23.0 Å². The number of carbonyl (C=O) groups is 2. The van der Waals surface area contributed by atoms with Crippen LogP contribution in [0.4, 0.5) is 0 Å². The molecule has 1 rings (SSSR count). The third-order valence-corrected chi connectivity index (χ3v) is 3.96. The van der Waals surface area contributed by atoms with Crippen LogP contribution < -0.4 is 5.32 Å². The van der Waals surface area contributed by atoms with Gasteiger partial charge in [-0.05, 0) is 52.6 Å². The fraction of sp³-hybridized carbons (Fsp3) is 0.467. The Bertz CT molecular complexity index is 540. The zero-order chi connectivity index (χ0) is 16.2. The van der Waals surface area contributed by atoms with E-state index in [4.69, 9.17) is 16.7 Å². The summed E-state index contributed by atoms with van der Waals surface area (Å²) >= 11 is 7.97. The third kappa shape index (κ3) is 6.65. The largest absolute Gasteiger partial charge is 0.481 e. The van der Waals surface area contributed by atoms with E-state index < -0.39 is 12.0 Å². The van der Waals surface area contributed by atoms with Gasteiger partial charge in [-0.25, -0.2) is 0 Å². The molecule has 1 amide bonds. The van der Waals surface area contributed by atoms with Gasteiger partial charge in [0.1, 0.15) is 0 Å². The zero-order valence-electron chi connectivity index (χ0n) is 12.2. The Balaban J connectivity index is 2.89. The van der Waals surface area contributed by atoms with E-state index in [0.717, 1.165) is 3.57 Å². The predicted octanol–water partition coefficient (Wildman–Crippen LogP) is 3.95. The highest BCUT2D eigenvalue weighted by Gasteiger charge is 2.23. The van der Waals surface area contributed by atoms with Crippen molar-refractivity contribution >= 4 is 46.1 Å². The third-order valence-electron chi connectivity index (χ3n) is 2.79. The maximum absolute atomic E-state index is 12.3. The minimum atomic E-state index is -0.926. The Labute approximate surface area is 143 Å². The predicted molar refractivity (Wildman–Crippen MR) is 91.7 cm³/mol. The van der Waals surface area contributed by atoms with Gasteiger partial charge in [-0.3, -0.25) is 9.59 Å². The van der Waals surface area contributed by atoms with Gasteiger partial charge in [0.05, 0.1) is 12.0 Å². The van der Waals surface area contributed by atoms with E-state index in [-0.39, 0.29) is 17.7 Å². The first-order valence-corrected chi connectivity index (χ1v) is 8.02. The first-order chi connectivity index (χ1) is 9.58. The lowest BCUT2D eigenvalue weighted by molar-refractivity contribution is -0.137. The number of hydrogen-bond donors (Lipinski definition) is 2. The van der Waals surface area contributed by atoms with Crippen LogP contribution in [0.3, 0.4) is 0 Å². The van der Waals surface area contributed by atoms with Crippen molar-refractivity contribution in [2.24, 2.45) is 5.41 Å². The van der Waals surface area contributed by atoms with Gasteiger partial charge in [-0.15, -0.1) is 0 Å². The molecule has 0 aliphatic heterocycles. The maximum Gasteiger partial charge on any atom is 0.305 e. The molecule has 0 saturated carbocycles. The number of hydrogen-bond acceptors (Lipinski definition) is 2. The number of carbonyl (C=O) groups excluding carboxylic acids is 1. The molecule has 0 heterocycles. The van der Waals surface area contributed by atoms with Crippen molar-refractivity contribution < 1.29 is 14.7 Å². The molecule has 0 aromatic heterocycles. The highest BCUT2D eigenvalue weighted by molar-refractivity contribution is 14.1. The van der Waals surface area contributed by atoms with E-state index in [1.54, 1.807) is 18.2 Å². The van der Waals surface area contributed by atoms with E-state index >= 15 is 0 Å². The molecule has 0 saturated heterocycles. The second kappa shape index (κ2) is 7.45. The number of amides is 1. The minimum Gasteiger partial charge on any atom is -0.481 e. The van der Waals surface area contributed by atoms with E-state index in [1.807, 2.05) is 20.8 Å². The SMILES string of the molecule is CC(C)(C)CC(CC(=O)O)NC(=O)c1cc(Cl)ccc1I. The Morgan fingerprint density at radius 3 is 2.52 bits per heavy atom. The number of rotatable bonds is 5. The Kier molecular flexibility index (Phi) is 6.46. The first-order valence-electron chi connectivity index (χ1n) is 6.56. The molecular formula is C15H19ClINO3. The molecule has 116 valence electrons. The summed E-state index contributed by atoms with van der Waals surface area (Å²) in [5, 5.41) is 12.3. The number of halogens is 2. The van der Waals surface area contributed by atoms with Crippen molar-refractivity contribution in [2.45, 2.75) is 39.7 Å². The number of nitrogens with one attached hydrogen (secondary N) is 1. The van der Waals surface area contributed by atoms with Gasteiger partial charge >= 0.3 is 5.97 Å². The van der Waals surface area contributed by atoms with Crippen LogP contribution in [0.25, 0.3) is 0 Å². The molecule has 0 aliphatic carbocycles. The summed E-state index contributed by atoms with van der Waals surface area (Å²) < 4.78 is 0.777. The van der Waals surface area contributed by atoms with Gasteiger partial charge in [0.25, 0.3) is 5.91 Å². The highest BCUT2D eigenvalue weighted by Crippen LogP contribution is 2.23. The summed E-state index contributed by atoms with van der Waals surface area (Å²) in [6.07, 6.45) is 0.488. The summed E-state index contributed by atoms with van der Waals surface area (Å²) in [5.74, 6) is -1.22. The van der Waals surface area contributed by atoms with Crippen LogP contribution in [-0.2, 0) is 4.79 Å². The van der Waals surface area contributed by atoms with Crippen molar-refractivity contribution in [1.29, 1.82) is 0 Å². The van der Waals surface area contributed by atoms with Gasteiger partial charge in [0, 0.05) is 14.6 Å². The topological polar surface area (TPSA) is 66.4 Å². The van der Waals surface area contributed by atoms with E-state index in [0.29, 0.717) is 17.0 Å². The summed E-state index contributed by atoms with van der Waals surface area (Å²) in [5.41, 5.74) is 0.391. The molecule has 0 fully saturated rings. The van der Waals surface area contributed by atoms with Crippen LogP contribution in [0.2, 0.25) is 5.02 Å². The molecule has 0 bridgehead atoms. The van der Waals surface area contributed by atoms with E-state index in [2.05, 4.69) is 27.9 Å². The molecule has 21 heavy (non-hydrogen) atoms. The molecule has 1 aromatic rings. The molecule has 0 aliphatic rings. The van der Waals surface area contributed by atoms with E-state index in [1.165, 1.54) is 0 Å². The van der Waals surface area contributed by atoms with Gasteiger partial charge < -0.3 is 10.4 Å². The average molecular weight is 424 g/mol. The molecule has 2 N–H and O–H groups in total. The maximum atomic E-state index is 12.3. The summed E-state index contributed by atoms with van der Waals surface area (Å²) in [4.78, 5) is 23.3. The highest BCUT2D eigenvalue weighted by atomic mass is 127. The Morgan fingerprint density at radius 2 is 2.00 bits per heavy atom. The smallest absolute Gasteiger partial charge is 0.305 e. The summed E-state index contributed by atoms with van der Waals surface area (Å²) in [7, 11) is 0. The van der Waals surface area contributed by atoms with Crippen LogP contribution in [0, 0.1) is 8.99 Å². The number of aliphatic carboxylic acids is 1. The quantitative estimate of drug-likeness (QED) is 0.705. The zero-order valence-corrected chi connectivity index (χ0v) is 15.2. The van der Waals surface area contributed by atoms with Gasteiger partial charge in [0.15, 0.2) is 0 Å². The molecule has 4 nitrogen and oxygen atoms in total. The van der Waals surface area contributed by atoms with Crippen molar-refractivity contribution in [2.75, 3.05) is 0 Å². The van der Waals surface area contributed by atoms with Crippen LogP contribution in [0.5, 0.6) is 0 Å². The first kappa shape index (κ1) is 18.2. The minimum absolute atomic E-state index is 0.0745. The Hall–Kier alpha value is -0.820. The average Bonchev–Trinajstić information content (AvgIpc) is 2.28. The second-order valence-corrected chi connectivity index (χ2v) is 7.76. The number of benzene rings is 1. The molecule has 1 aromatic carbocycles. The monoisotopic (exact) mass is 423 g/mol. The lowest BCUT2D eigenvalue weighted by Gasteiger charge is -2.26. The lowest BCUT2D eigenvalue weighted by atomic mass is 9.87. The van der Waals surface area contributed by atoms with Crippen molar-refractivity contribution in [1.82, 2.24) is 5.32 Å². The van der Waals surface area contributed by atoms with E-state index in [9.17, 15) is 9.59 Å². The molecule has 1 atom stereocenters. The second-order valence-electron chi connectivity index (χ2n) is 6.16. The molecule has 1 unspecified atom stereocenters. The van der Waals surface area contributed by atoms with Crippen molar-refractivity contribution in [3.05, 3.63) is 32.4 Å². The summed E-state index contributed by atoms with van der Waals surface area (Å²) in [6.45, 7) is 6.03. The van der Waals surface area contributed by atoms with Gasteiger partial charge in [-0.2, -0.15) is 0 Å². The molecular weight excluding hydrogens is 405 g/mol. The van der Waals surface area contributed by atoms with Crippen molar-refractivity contribution in [3.63, 3.8) is 0 Å². The molecule has 0 radical (unpaired) electrons. The Morgan fingerprint density at radius 1 is 1.38 bits per heavy atom. The van der Waals surface area contributed by atoms with Gasteiger partial charge in [-0.1, -0.05) is 32.4 Å².